The Morgan fingerprint density at radius 2 is 2.35 bits per heavy atom. The van der Waals surface area contributed by atoms with Crippen LogP contribution < -0.4 is 5.32 Å². The van der Waals surface area contributed by atoms with E-state index in [-0.39, 0.29) is 23.9 Å². The summed E-state index contributed by atoms with van der Waals surface area (Å²) in [5.74, 6) is 0.503. The van der Waals surface area contributed by atoms with Gasteiger partial charge in [-0.15, -0.1) is 0 Å². The number of carbonyl (C=O) groups excluding carboxylic acids is 1. The lowest BCUT2D eigenvalue weighted by molar-refractivity contribution is 0.0554. The van der Waals surface area contributed by atoms with Crippen molar-refractivity contribution in [1.82, 2.24) is 20.4 Å². The molecule has 0 spiro atoms. The molecule has 0 radical (unpaired) electrons. The van der Waals surface area contributed by atoms with Gasteiger partial charge in [0, 0.05) is 19.7 Å². The maximum absolute atomic E-state index is 12.4. The number of carbonyl (C=O) groups is 1. The zero-order valence-corrected chi connectivity index (χ0v) is 11.7. The summed E-state index contributed by atoms with van der Waals surface area (Å²) in [6.45, 7) is 4.86. The minimum absolute atomic E-state index is 0.0457. The fourth-order valence-corrected chi connectivity index (χ4v) is 2.68. The van der Waals surface area contributed by atoms with E-state index in [1.54, 1.807) is 4.90 Å². The van der Waals surface area contributed by atoms with Crippen molar-refractivity contribution in [2.24, 2.45) is 0 Å². The molecule has 0 saturated carbocycles. The van der Waals surface area contributed by atoms with Crippen LogP contribution in [0.1, 0.15) is 48.7 Å². The quantitative estimate of drug-likeness (QED) is 0.861. The van der Waals surface area contributed by atoms with E-state index in [1.807, 2.05) is 6.92 Å². The van der Waals surface area contributed by atoms with Gasteiger partial charge >= 0.3 is 0 Å². The molecule has 0 bridgehead atoms. The molecular formula is C13H20N4O3. The largest absolute Gasteiger partial charge is 0.377 e. The van der Waals surface area contributed by atoms with Gasteiger partial charge in [-0.3, -0.25) is 4.79 Å². The number of nitrogens with one attached hydrogen (secondary N) is 1. The Bertz CT molecular complexity index is 470. The first-order valence-electron chi connectivity index (χ1n) is 7.22. The van der Waals surface area contributed by atoms with Gasteiger partial charge in [-0.05, 0) is 32.7 Å². The zero-order valence-electron chi connectivity index (χ0n) is 11.7. The highest BCUT2D eigenvalue weighted by Gasteiger charge is 2.28. The standard InChI is InChI=1S/C13H20N4O3/c1-9-8-17(6-3-7-19-9)13(18)11-15-12(20-16-11)10-4-2-5-14-10/h9-10,14H,2-8H2,1H3. The molecule has 2 aliphatic heterocycles. The molecule has 1 N–H and O–H groups in total. The van der Waals surface area contributed by atoms with Gasteiger partial charge in [-0.1, -0.05) is 5.16 Å². The molecule has 1 aromatic rings. The number of amides is 1. The summed E-state index contributed by atoms with van der Waals surface area (Å²) in [5.41, 5.74) is 0. The number of hydrogen-bond donors (Lipinski definition) is 1. The molecule has 2 aliphatic rings. The zero-order chi connectivity index (χ0) is 13.9. The predicted molar refractivity (Wildman–Crippen MR) is 70.2 cm³/mol. The van der Waals surface area contributed by atoms with Crippen molar-refractivity contribution in [3.63, 3.8) is 0 Å². The molecule has 3 heterocycles. The normalized spacial score (nSPS) is 27.6. The lowest BCUT2D eigenvalue weighted by Gasteiger charge is -2.20. The maximum Gasteiger partial charge on any atom is 0.295 e. The van der Waals surface area contributed by atoms with Gasteiger partial charge in [-0.25, -0.2) is 0 Å². The first-order valence-corrected chi connectivity index (χ1v) is 7.22. The average Bonchev–Trinajstić information content (AvgIpc) is 3.07. The third-order valence-electron chi connectivity index (χ3n) is 3.73. The van der Waals surface area contributed by atoms with E-state index >= 15 is 0 Å². The van der Waals surface area contributed by atoms with Crippen LogP contribution in [0, 0.1) is 0 Å². The van der Waals surface area contributed by atoms with Crippen LogP contribution in [0.2, 0.25) is 0 Å². The van der Waals surface area contributed by atoms with Crippen LogP contribution in [0.5, 0.6) is 0 Å². The smallest absolute Gasteiger partial charge is 0.295 e. The minimum Gasteiger partial charge on any atom is -0.377 e. The summed E-state index contributed by atoms with van der Waals surface area (Å²) in [5, 5.41) is 7.11. The summed E-state index contributed by atoms with van der Waals surface area (Å²) in [6, 6.07) is 0.0930. The molecule has 2 fully saturated rings. The van der Waals surface area contributed by atoms with Gasteiger partial charge < -0.3 is 19.5 Å². The molecule has 2 atom stereocenters. The number of ether oxygens (including phenoxy) is 1. The second-order valence-corrected chi connectivity index (χ2v) is 5.39. The molecule has 7 heteroatoms. The van der Waals surface area contributed by atoms with E-state index in [0.29, 0.717) is 25.6 Å². The van der Waals surface area contributed by atoms with Gasteiger partial charge in [0.25, 0.3) is 11.7 Å². The van der Waals surface area contributed by atoms with Gasteiger partial charge in [0.05, 0.1) is 12.1 Å². The first-order chi connectivity index (χ1) is 9.74. The van der Waals surface area contributed by atoms with Crippen molar-refractivity contribution < 1.29 is 14.1 Å². The van der Waals surface area contributed by atoms with E-state index < -0.39 is 0 Å². The van der Waals surface area contributed by atoms with Crippen molar-refractivity contribution >= 4 is 5.91 Å². The molecular weight excluding hydrogens is 260 g/mol. The van der Waals surface area contributed by atoms with Crippen molar-refractivity contribution in [2.45, 2.75) is 38.3 Å². The van der Waals surface area contributed by atoms with Crippen LogP contribution >= 0.6 is 0 Å². The molecule has 110 valence electrons. The Morgan fingerprint density at radius 3 is 3.15 bits per heavy atom. The van der Waals surface area contributed by atoms with E-state index in [2.05, 4.69) is 15.5 Å². The third-order valence-corrected chi connectivity index (χ3v) is 3.73. The highest BCUT2D eigenvalue weighted by Crippen LogP contribution is 2.21. The highest BCUT2D eigenvalue weighted by atomic mass is 16.5. The van der Waals surface area contributed by atoms with Crippen LogP contribution in [0.15, 0.2) is 4.52 Å². The molecule has 1 aromatic heterocycles. The molecule has 0 aromatic carbocycles. The summed E-state index contributed by atoms with van der Waals surface area (Å²) in [4.78, 5) is 18.4. The second kappa shape index (κ2) is 5.88. The SMILES string of the molecule is CC1CN(C(=O)c2noc(C3CCCN3)n2)CCCO1. The van der Waals surface area contributed by atoms with E-state index in [9.17, 15) is 4.79 Å². The Hall–Kier alpha value is -1.47. The summed E-state index contributed by atoms with van der Waals surface area (Å²) < 4.78 is 10.8. The molecule has 2 unspecified atom stereocenters. The van der Waals surface area contributed by atoms with E-state index in [1.165, 1.54) is 0 Å². The Morgan fingerprint density at radius 1 is 1.45 bits per heavy atom. The van der Waals surface area contributed by atoms with Crippen LogP contribution in [0.25, 0.3) is 0 Å². The van der Waals surface area contributed by atoms with Crippen molar-refractivity contribution in [1.29, 1.82) is 0 Å². The van der Waals surface area contributed by atoms with Crippen molar-refractivity contribution in [3.8, 4) is 0 Å². The van der Waals surface area contributed by atoms with Gasteiger partial charge in [0.2, 0.25) is 5.89 Å². The monoisotopic (exact) mass is 280 g/mol. The molecule has 2 saturated heterocycles. The molecule has 20 heavy (non-hydrogen) atoms. The van der Waals surface area contributed by atoms with E-state index in [0.717, 1.165) is 25.8 Å². The fraction of sp³-hybridized carbons (Fsp3) is 0.769. The Kier molecular flexibility index (Phi) is 3.98. The number of hydrogen-bond acceptors (Lipinski definition) is 6. The number of nitrogens with zero attached hydrogens (tertiary/aromatic N) is 3. The highest BCUT2D eigenvalue weighted by molar-refractivity contribution is 5.90. The van der Waals surface area contributed by atoms with Gasteiger partial charge in [0.1, 0.15) is 0 Å². The Balaban J connectivity index is 1.69. The van der Waals surface area contributed by atoms with Crippen molar-refractivity contribution in [2.75, 3.05) is 26.2 Å². The summed E-state index contributed by atoms with van der Waals surface area (Å²) in [6.07, 6.45) is 2.96. The lowest BCUT2D eigenvalue weighted by Crippen LogP contribution is -2.36. The fourth-order valence-electron chi connectivity index (χ4n) is 2.68. The topological polar surface area (TPSA) is 80.5 Å². The number of rotatable bonds is 2. The molecule has 1 amide bonds. The first kappa shape index (κ1) is 13.5. The van der Waals surface area contributed by atoms with Gasteiger partial charge in [0.15, 0.2) is 0 Å². The summed E-state index contributed by atoms with van der Waals surface area (Å²) in [7, 11) is 0. The van der Waals surface area contributed by atoms with Crippen LogP contribution in [0.3, 0.4) is 0 Å². The average molecular weight is 280 g/mol. The molecule has 0 aliphatic carbocycles. The van der Waals surface area contributed by atoms with Crippen LogP contribution in [-0.2, 0) is 4.74 Å². The molecule has 7 nitrogen and oxygen atoms in total. The van der Waals surface area contributed by atoms with Crippen LogP contribution in [0.4, 0.5) is 0 Å². The third kappa shape index (κ3) is 2.83. The maximum atomic E-state index is 12.4. The number of aromatic nitrogens is 2. The summed E-state index contributed by atoms with van der Waals surface area (Å²) >= 11 is 0. The minimum atomic E-state index is -0.171. The lowest BCUT2D eigenvalue weighted by atomic mass is 10.2. The Labute approximate surface area is 117 Å². The second-order valence-electron chi connectivity index (χ2n) is 5.39. The predicted octanol–water partition coefficient (Wildman–Crippen LogP) is 0.745. The van der Waals surface area contributed by atoms with E-state index in [4.69, 9.17) is 9.26 Å². The molecule has 3 rings (SSSR count). The van der Waals surface area contributed by atoms with Gasteiger partial charge in [-0.2, -0.15) is 4.98 Å². The van der Waals surface area contributed by atoms with Crippen LogP contribution in [-0.4, -0.2) is 53.3 Å². The van der Waals surface area contributed by atoms with Crippen molar-refractivity contribution in [3.05, 3.63) is 11.7 Å².